The predicted octanol–water partition coefficient (Wildman–Crippen LogP) is 3.23. The predicted molar refractivity (Wildman–Crippen MR) is 127 cm³/mol. The number of hydrazine groups is 1. The fourth-order valence-corrected chi connectivity index (χ4v) is 4.56. The highest BCUT2D eigenvalue weighted by Gasteiger charge is 2.33. The molecule has 4 amide bonds. The Morgan fingerprint density at radius 1 is 1.09 bits per heavy atom. The molecule has 1 aromatic carbocycles. The molecule has 0 saturated carbocycles. The quantitative estimate of drug-likeness (QED) is 0.646. The van der Waals surface area contributed by atoms with Crippen LogP contribution in [-0.4, -0.2) is 58.5 Å². The van der Waals surface area contributed by atoms with Crippen molar-refractivity contribution in [2.45, 2.75) is 64.5 Å². The monoisotopic (exact) mass is 476 g/mol. The van der Waals surface area contributed by atoms with Crippen molar-refractivity contribution in [2.24, 2.45) is 0 Å². The number of amides is 4. The Morgan fingerprint density at radius 3 is 2.61 bits per heavy atom. The van der Waals surface area contributed by atoms with Gasteiger partial charge in [0.25, 0.3) is 5.24 Å². The number of ether oxygens (including phenoxy) is 1. The highest BCUT2D eigenvalue weighted by atomic mass is 32.2. The largest absolute Gasteiger partial charge is 0.444 e. The lowest BCUT2D eigenvalue weighted by Crippen LogP contribution is -2.45. The Bertz CT molecular complexity index is 901. The minimum absolute atomic E-state index is 0.0227. The van der Waals surface area contributed by atoms with Gasteiger partial charge in [-0.25, -0.2) is 4.79 Å². The zero-order valence-electron chi connectivity index (χ0n) is 19.4. The molecule has 0 radical (unpaired) electrons. The van der Waals surface area contributed by atoms with Crippen LogP contribution in [0.3, 0.4) is 0 Å². The van der Waals surface area contributed by atoms with Crippen LogP contribution in [0, 0.1) is 0 Å². The summed E-state index contributed by atoms with van der Waals surface area (Å²) in [6, 6.07) is 7.51. The number of para-hydroxylation sites is 1. The number of hydrogen-bond donors (Lipinski definition) is 2. The molecule has 1 atom stereocenters. The zero-order valence-corrected chi connectivity index (χ0v) is 20.2. The van der Waals surface area contributed by atoms with E-state index < -0.39 is 22.8 Å². The normalized spacial score (nSPS) is 17.8. The van der Waals surface area contributed by atoms with Crippen molar-refractivity contribution in [1.82, 2.24) is 15.8 Å². The first-order chi connectivity index (χ1) is 15.6. The number of fused-ring (bicyclic) bond motifs is 1. The summed E-state index contributed by atoms with van der Waals surface area (Å²) in [6.07, 6.45) is 2.94. The van der Waals surface area contributed by atoms with E-state index in [0.717, 1.165) is 42.3 Å². The van der Waals surface area contributed by atoms with Gasteiger partial charge in [-0.3, -0.25) is 25.2 Å². The fourth-order valence-electron chi connectivity index (χ4n) is 4.03. The number of rotatable bonds is 4. The fraction of sp³-hybridized carbons (Fsp3) is 0.565. The van der Waals surface area contributed by atoms with Gasteiger partial charge in [-0.1, -0.05) is 30.0 Å². The van der Waals surface area contributed by atoms with Gasteiger partial charge in [0.15, 0.2) is 0 Å². The minimum Gasteiger partial charge on any atom is -0.444 e. The lowest BCUT2D eigenvalue weighted by atomic mass is 10.0. The molecule has 3 rings (SSSR count). The third-order valence-corrected chi connectivity index (χ3v) is 6.22. The average Bonchev–Trinajstić information content (AvgIpc) is 3.22. The second-order valence-corrected chi connectivity index (χ2v) is 10.1. The van der Waals surface area contributed by atoms with Crippen LogP contribution in [0.1, 0.15) is 52.0 Å². The van der Waals surface area contributed by atoms with Crippen LogP contribution in [0.4, 0.5) is 15.3 Å². The number of nitrogens with zero attached hydrogens (tertiary/aromatic N) is 2. The molecule has 1 saturated heterocycles. The van der Waals surface area contributed by atoms with Crippen molar-refractivity contribution in [3.8, 4) is 0 Å². The van der Waals surface area contributed by atoms with Crippen molar-refractivity contribution in [3.63, 3.8) is 0 Å². The highest BCUT2D eigenvalue weighted by molar-refractivity contribution is 8.14. The third-order valence-electron chi connectivity index (χ3n) is 5.47. The van der Waals surface area contributed by atoms with E-state index in [9.17, 15) is 19.2 Å². The van der Waals surface area contributed by atoms with E-state index in [2.05, 4.69) is 10.9 Å². The number of carbonyl (C=O) groups is 4. The summed E-state index contributed by atoms with van der Waals surface area (Å²) in [7, 11) is 0. The Kier molecular flexibility index (Phi) is 8.23. The maximum Gasteiger partial charge on any atom is 0.410 e. The first-order valence-corrected chi connectivity index (χ1v) is 12.2. The SMILES string of the molecule is CC(C)(C)OC(=O)N1CCC[C@H]1CC(=O)NNC(=O)SCC(=O)N1CCCc2ccccc21. The van der Waals surface area contributed by atoms with E-state index in [0.29, 0.717) is 19.5 Å². The summed E-state index contributed by atoms with van der Waals surface area (Å²) in [5.74, 6) is -0.571. The van der Waals surface area contributed by atoms with Gasteiger partial charge < -0.3 is 14.5 Å². The standard InChI is InChI=1S/C23H32N4O5S/c1-23(2,3)32-22(31)26-12-7-10-17(26)14-19(28)24-25-21(30)33-15-20(29)27-13-6-9-16-8-4-5-11-18(16)27/h4-5,8,11,17H,6-7,9-10,12-15H2,1-3H3,(H,24,28)(H,25,30)/t17-/m0/s1. The number of aryl methyl sites for hydroxylation is 1. The summed E-state index contributed by atoms with van der Waals surface area (Å²) < 4.78 is 5.40. The van der Waals surface area contributed by atoms with Gasteiger partial charge in [0.2, 0.25) is 11.8 Å². The van der Waals surface area contributed by atoms with E-state index in [1.807, 2.05) is 24.3 Å². The lowest BCUT2D eigenvalue weighted by Gasteiger charge is -2.29. The Balaban J connectivity index is 1.40. The Labute approximate surface area is 198 Å². The summed E-state index contributed by atoms with van der Waals surface area (Å²) in [4.78, 5) is 52.7. The number of benzene rings is 1. The van der Waals surface area contributed by atoms with E-state index in [1.165, 1.54) is 0 Å². The van der Waals surface area contributed by atoms with Gasteiger partial charge >= 0.3 is 6.09 Å². The third kappa shape index (κ3) is 7.12. The maximum absolute atomic E-state index is 12.6. The smallest absolute Gasteiger partial charge is 0.410 e. The maximum atomic E-state index is 12.6. The Hall–Kier alpha value is -2.75. The number of carbonyl (C=O) groups excluding carboxylic acids is 4. The molecule has 2 heterocycles. The summed E-state index contributed by atoms with van der Waals surface area (Å²) in [5.41, 5.74) is 6.13. The van der Waals surface area contributed by atoms with Crippen molar-refractivity contribution < 1.29 is 23.9 Å². The molecule has 0 bridgehead atoms. The van der Waals surface area contributed by atoms with Crippen molar-refractivity contribution in [1.29, 1.82) is 0 Å². The van der Waals surface area contributed by atoms with Gasteiger partial charge in [-0.15, -0.1) is 0 Å². The molecule has 1 aromatic rings. The van der Waals surface area contributed by atoms with Gasteiger partial charge in [0.05, 0.1) is 5.75 Å². The first kappa shape index (κ1) is 24.9. The molecule has 0 aromatic heterocycles. The van der Waals surface area contributed by atoms with Gasteiger partial charge in [0, 0.05) is 31.2 Å². The van der Waals surface area contributed by atoms with E-state index >= 15 is 0 Å². The molecule has 2 N–H and O–H groups in total. The van der Waals surface area contributed by atoms with Gasteiger partial charge in [-0.2, -0.15) is 0 Å². The van der Waals surface area contributed by atoms with Crippen molar-refractivity contribution in [2.75, 3.05) is 23.7 Å². The van der Waals surface area contributed by atoms with Crippen LogP contribution in [0.15, 0.2) is 24.3 Å². The number of hydrogen-bond acceptors (Lipinski definition) is 6. The first-order valence-electron chi connectivity index (χ1n) is 11.2. The zero-order chi connectivity index (χ0) is 24.0. The van der Waals surface area contributed by atoms with Crippen LogP contribution in [0.2, 0.25) is 0 Å². The van der Waals surface area contributed by atoms with Crippen LogP contribution in [0.25, 0.3) is 0 Å². The molecule has 0 unspecified atom stereocenters. The number of anilines is 1. The second kappa shape index (κ2) is 10.9. The van der Waals surface area contributed by atoms with Gasteiger partial charge in [-0.05, 0) is 58.1 Å². The van der Waals surface area contributed by atoms with Crippen LogP contribution < -0.4 is 15.8 Å². The molecule has 2 aliphatic heterocycles. The molecule has 9 nitrogen and oxygen atoms in total. The molecule has 2 aliphatic rings. The minimum atomic E-state index is -0.606. The molecular weight excluding hydrogens is 444 g/mol. The molecule has 33 heavy (non-hydrogen) atoms. The Morgan fingerprint density at radius 2 is 1.85 bits per heavy atom. The summed E-state index contributed by atoms with van der Waals surface area (Å²) in [6.45, 7) is 6.56. The van der Waals surface area contributed by atoms with Crippen LogP contribution >= 0.6 is 11.8 Å². The molecule has 1 fully saturated rings. The van der Waals surface area contributed by atoms with Crippen molar-refractivity contribution >= 4 is 40.6 Å². The molecule has 10 heteroatoms. The number of likely N-dealkylation sites (tertiary alicyclic amines) is 1. The summed E-state index contributed by atoms with van der Waals surface area (Å²) >= 11 is 0.809. The number of thioether (sulfide) groups is 1. The number of nitrogens with one attached hydrogen (secondary N) is 2. The molecule has 0 aliphatic carbocycles. The van der Waals surface area contributed by atoms with Crippen LogP contribution in [-0.2, 0) is 20.7 Å². The lowest BCUT2D eigenvalue weighted by molar-refractivity contribution is -0.122. The molecule has 0 spiro atoms. The summed E-state index contributed by atoms with van der Waals surface area (Å²) in [5, 5.41) is -0.516. The second-order valence-electron chi connectivity index (χ2n) is 9.20. The highest BCUT2D eigenvalue weighted by Crippen LogP contribution is 2.27. The van der Waals surface area contributed by atoms with E-state index in [-0.39, 0.29) is 24.1 Å². The van der Waals surface area contributed by atoms with Crippen molar-refractivity contribution in [3.05, 3.63) is 29.8 Å². The van der Waals surface area contributed by atoms with Crippen LogP contribution in [0.5, 0.6) is 0 Å². The average molecular weight is 477 g/mol. The van der Waals surface area contributed by atoms with E-state index in [1.54, 1.807) is 30.6 Å². The van der Waals surface area contributed by atoms with E-state index in [4.69, 9.17) is 4.74 Å². The molecular formula is C23H32N4O5S. The topological polar surface area (TPSA) is 108 Å². The van der Waals surface area contributed by atoms with Gasteiger partial charge in [0.1, 0.15) is 5.60 Å². The molecule has 180 valence electrons.